The van der Waals surface area contributed by atoms with Gasteiger partial charge in [-0.2, -0.15) is 0 Å². The van der Waals surface area contributed by atoms with E-state index in [1.54, 1.807) is 0 Å². The number of guanidine groups is 1. The molecule has 1 heterocycles. The summed E-state index contributed by atoms with van der Waals surface area (Å²) in [5.74, 6) is 1.45. The van der Waals surface area contributed by atoms with Crippen LogP contribution in [0.3, 0.4) is 0 Å². The zero-order valence-corrected chi connectivity index (χ0v) is 15.8. The van der Waals surface area contributed by atoms with Crippen LogP contribution >= 0.6 is 0 Å². The number of carbonyl (C=O) groups excluding carboxylic acids is 1. The van der Waals surface area contributed by atoms with Gasteiger partial charge in [-0.1, -0.05) is 24.3 Å². The van der Waals surface area contributed by atoms with E-state index in [1.165, 1.54) is 11.1 Å². The minimum atomic E-state index is -0.337. The topological polar surface area (TPSA) is 66.0 Å². The quantitative estimate of drug-likeness (QED) is 0.606. The molecule has 1 atom stereocenters. The zero-order valence-electron chi connectivity index (χ0n) is 15.8. The Morgan fingerprint density at radius 3 is 2.77 bits per heavy atom. The van der Waals surface area contributed by atoms with Crippen molar-refractivity contribution >= 4 is 12.1 Å². The van der Waals surface area contributed by atoms with Crippen molar-refractivity contribution in [3.8, 4) is 0 Å². The van der Waals surface area contributed by atoms with Crippen LogP contribution in [0.1, 0.15) is 37.8 Å². The monoisotopic (exact) mass is 358 g/mol. The standard InChI is InChI=1S/C20H30N4O2/c1-3-21-19(24-12-11-15-7-5-6-8-17(15)14-24)22-13-18(16-9-10-16)23-20(25)26-4-2/h5-8,16,18H,3-4,9-14H2,1-2H3,(H,21,22)(H,23,25). The van der Waals surface area contributed by atoms with E-state index in [4.69, 9.17) is 9.73 Å². The van der Waals surface area contributed by atoms with Crippen molar-refractivity contribution in [2.75, 3.05) is 26.2 Å². The Bertz CT molecular complexity index is 642. The molecule has 0 radical (unpaired) electrons. The van der Waals surface area contributed by atoms with Gasteiger partial charge in [-0.25, -0.2) is 4.79 Å². The predicted octanol–water partition coefficient (Wildman–Crippen LogP) is 2.53. The van der Waals surface area contributed by atoms with Crippen molar-refractivity contribution in [3.05, 3.63) is 35.4 Å². The first-order chi connectivity index (χ1) is 12.7. The maximum Gasteiger partial charge on any atom is 0.407 e. The summed E-state index contributed by atoms with van der Waals surface area (Å²) in [5.41, 5.74) is 2.80. The average Bonchev–Trinajstić information content (AvgIpc) is 3.49. The van der Waals surface area contributed by atoms with E-state index >= 15 is 0 Å². The van der Waals surface area contributed by atoms with Gasteiger partial charge in [-0.15, -0.1) is 0 Å². The summed E-state index contributed by atoms with van der Waals surface area (Å²) >= 11 is 0. The van der Waals surface area contributed by atoms with Crippen molar-refractivity contribution in [2.45, 2.75) is 45.7 Å². The molecule has 1 aromatic rings. The maximum absolute atomic E-state index is 11.8. The van der Waals surface area contributed by atoms with Gasteiger partial charge in [-0.3, -0.25) is 4.99 Å². The molecule has 0 bridgehead atoms. The molecule has 6 nitrogen and oxygen atoms in total. The van der Waals surface area contributed by atoms with E-state index in [0.29, 0.717) is 19.1 Å². The molecule has 1 saturated carbocycles. The van der Waals surface area contributed by atoms with E-state index < -0.39 is 0 Å². The molecule has 1 unspecified atom stereocenters. The van der Waals surface area contributed by atoms with Crippen molar-refractivity contribution in [1.82, 2.24) is 15.5 Å². The van der Waals surface area contributed by atoms with Gasteiger partial charge in [0.1, 0.15) is 0 Å². The fourth-order valence-corrected chi connectivity index (χ4v) is 3.42. The summed E-state index contributed by atoms with van der Waals surface area (Å²) in [7, 11) is 0. The Labute approximate surface area is 156 Å². The number of amides is 1. The number of ether oxygens (including phenoxy) is 1. The van der Waals surface area contributed by atoms with E-state index in [1.807, 2.05) is 6.92 Å². The predicted molar refractivity (Wildman–Crippen MR) is 103 cm³/mol. The van der Waals surface area contributed by atoms with Crippen LogP contribution in [0.4, 0.5) is 4.79 Å². The fraction of sp³-hybridized carbons (Fsp3) is 0.600. The van der Waals surface area contributed by atoms with Crippen LogP contribution in [0.5, 0.6) is 0 Å². The van der Waals surface area contributed by atoms with E-state index in [9.17, 15) is 4.79 Å². The van der Waals surface area contributed by atoms with Crippen LogP contribution in [-0.4, -0.2) is 49.2 Å². The number of hydrogen-bond acceptors (Lipinski definition) is 3. The molecule has 0 spiro atoms. The minimum absolute atomic E-state index is 0.0554. The summed E-state index contributed by atoms with van der Waals surface area (Å²) < 4.78 is 5.04. The van der Waals surface area contributed by atoms with Gasteiger partial charge in [-0.05, 0) is 50.2 Å². The number of alkyl carbamates (subject to hydrolysis) is 1. The van der Waals surface area contributed by atoms with Gasteiger partial charge < -0.3 is 20.3 Å². The molecule has 0 saturated heterocycles. The largest absolute Gasteiger partial charge is 0.450 e. The number of aliphatic imine (C=N–C) groups is 1. The molecule has 3 rings (SSSR count). The number of nitrogens with one attached hydrogen (secondary N) is 2. The summed E-state index contributed by atoms with van der Waals surface area (Å²) in [5, 5.41) is 6.39. The second kappa shape index (κ2) is 8.92. The molecule has 2 aliphatic rings. The van der Waals surface area contributed by atoms with Crippen molar-refractivity contribution < 1.29 is 9.53 Å². The normalized spacial score (nSPS) is 18.1. The molecule has 1 fully saturated rings. The number of carbonyl (C=O) groups is 1. The summed E-state index contributed by atoms with van der Waals surface area (Å²) in [6.07, 6.45) is 3.00. The third-order valence-corrected chi connectivity index (χ3v) is 4.97. The molecular formula is C20H30N4O2. The molecule has 1 aromatic carbocycles. The number of rotatable bonds is 6. The fourth-order valence-electron chi connectivity index (χ4n) is 3.42. The number of hydrogen-bond donors (Lipinski definition) is 2. The highest BCUT2D eigenvalue weighted by molar-refractivity contribution is 5.80. The van der Waals surface area contributed by atoms with Crippen LogP contribution in [0.25, 0.3) is 0 Å². The molecular weight excluding hydrogens is 328 g/mol. The van der Waals surface area contributed by atoms with Gasteiger partial charge in [0.15, 0.2) is 5.96 Å². The van der Waals surface area contributed by atoms with Crippen LogP contribution in [-0.2, 0) is 17.7 Å². The van der Waals surface area contributed by atoms with Gasteiger partial charge in [0.2, 0.25) is 0 Å². The minimum Gasteiger partial charge on any atom is -0.450 e. The first-order valence-electron chi connectivity index (χ1n) is 9.74. The van der Waals surface area contributed by atoms with Gasteiger partial charge >= 0.3 is 6.09 Å². The molecule has 142 valence electrons. The first-order valence-corrected chi connectivity index (χ1v) is 9.74. The Morgan fingerprint density at radius 2 is 2.08 bits per heavy atom. The number of fused-ring (bicyclic) bond motifs is 1. The van der Waals surface area contributed by atoms with Crippen LogP contribution in [0.2, 0.25) is 0 Å². The lowest BCUT2D eigenvalue weighted by molar-refractivity contribution is 0.147. The Balaban J connectivity index is 1.65. The van der Waals surface area contributed by atoms with Gasteiger partial charge in [0.05, 0.1) is 19.2 Å². The SMILES string of the molecule is CCNC(=NCC(NC(=O)OCC)C1CC1)N1CCc2ccccc2C1. The lowest BCUT2D eigenvalue weighted by Crippen LogP contribution is -2.45. The van der Waals surface area contributed by atoms with Crippen molar-refractivity contribution in [2.24, 2.45) is 10.9 Å². The lowest BCUT2D eigenvalue weighted by atomic mass is 10.0. The Morgan fingerprint density at radius 1 is 1.31 bits per heavy atom. The third-order valence-electron chi connectivity index (χ3n) is 4.97. The summed E-state index contributed by atoms with van der Waals surface area (Å²) in [6.45, 7) is 7.55. The zero-order chi connectivity index (χ0) is 18.4. The van der Waals surface area contributed by atoms with Crippen LogP contribution < -0.4 is 10.6 Å². The van der Waals surface area contributed by atoms with E-state index in [0.717, 1.165) is 44.9 Å². The van der Waals surface area contributed by atoms with E-state index in [2.05, 4.69) is 46.7 Å². The van der Waals surface area contributed by atoms with Crippen molar-refractivity contribution in [1.29, 1.82) is 0 Å². The molecule has 1 aliphatic heterocycles. The Kier molecular flexibility index (Phi) is 6.36. The maximum atomic E-state index is 11.8. The molecule has 1 aliphatic carbocycles. The first kappa shape index (κ1) is 18.5. The average molecular weight is 358 g/mol. The Hall–Kier alpha value is -2.24. The second-order valence-electron chi connectivity index (χ2n) is 6.94. The highest BCUT2D eigenvalue weighted by Gasteiger charge is 2.32. The summed E-state index contributed by atoms with van der Waals surface area (Å²) in [4.78, 5) is 18.9. The highest BCUT2D eigenvalue weighted by atomic mass is 16.5. The summed E-state index contributed by atoms with van der Waals surface area (Å²) in [6, 6.07) is 8.66. The number of benzene rings is 1. The van der Waals surface area contributed by atoms with Crippen LogP contribution in [0, 0.1) is 5.92 Å². The lowest BCUT2D eigenvalue weighted by Gasteiger charge is -2.32. The van der Waals surface area contributed by atoms with Gasteiger partial charge in [0.25, 0.3) is 0 Å². The molecule has 0 aromatic heterocycles. The second-order valence-corrected chi connectivity index (χ2v) is 6.94. The highest BCUT2D eigenvalue weighted by Crippen LogP contribution is 2.33. The third kappa shape index (κ3) is 4.90. The molecule has 6 heteroatoms. The van der Waals surface area contributed by atoms with E-state index in [-0.39, 0.29) is 12.1 Å². The molecule has 1 amide bonds. The molecule has 2 N–H and O–H groups in total. The van der Waals surface area contributed by atoms with Crippen LogP contribution in [0.15, 0.2) is 29.3 Å². The molecule has 26 heavy (non-hydrogen) atoms. The number of nitrogens with zero attached hydrogens (tertiary/aromatic N) is 2. The van der Waals surface area contributed by atoms with Crippen molar-refractivity contribution in [3.63, 3.8) is 0 Å². The van der Waals surface area contributed by atoms with Gasteiger partial charge in [0, 0.05) is 19.6 Å². The smallest absolute Gasteiger partial charge is 0.407 e.